The van der Waals surface area contributed by atoms with Crippen LogP contribution in [0.15, 0.2) is 12.3 Å². The molecule has 2 aliphatic rings. The third-order valence-electron chi connectivity index (χ3n) is 4.22. The highest BCUT2D eigenvalue weighted by Crippen LogP contribution is 2.37. The molecule has 2 atom stereocenters. The normalized spacial score (nSPS) is 25.1. The zero-order valence-corrected chi connectivity index (χ0v) is 11.9. The summed E-state index contributed by atoms with van der Waals surface area (Å²) in [6.07, 6.45) is 5.18. The van der Waals surface area contributed by atoms with Gasteiger partial charge in [0.2, 0.25) is 17.7 Å². The molecule has 2 heterocycles. The first-order valence-electron chi connectivity index (χ1n) is 7.21. The van der Waals surface area contributed by atoms with Gasteiger partial charge in [-0.3, -0.25) is 24.0 Å². The van der Waals surface area contributed by atoms with Crippen molar-refractivity contribution in [1.82, 2.24) is 14.7 Å². The molecule has 1 N–H and O–H groups in total. The maximum atomic E-state index is 12.2. The van der Waals surface area contributed by atoms with E-state index in [2.05, 4.69) is 10.4 Å². The number of anilines is 1. The Labute approximate surface area is 122 Å². The molecule has 3 amide bonds. The van der Waals surface area contributed by atoms with Crippen LogP contribution < -0.4 is 5.32 Å². The Balaban J connectivity index is 1.65. The standard InChI is InChI=1S/C14H18N4O3/c1-17-7-6-11(16-17)15-12(19)8-18-13(20)9-4-2-3-5-10(9)14(18)21/h6-7,9-10H,2-5,8H2,1H3,(H,15,16,19). The zero-order chi connectivity index (χ0) is 15.0. The van der Waals surface area contributed by atoms with Crippen molar-refractivity contribution < 1.29 is 14.4 Å². The molecule has 1 aliphatic carbocycles. The second-order valence-corrected chi connectivity index (χ2v) is 5.68. The average Bonchev–Trinajstić information content (AvgIpc) is 2.97. The van der Waals surface area contributed by atoms with Gasteiger partial charge in [0, 0.05) is 19.3 Å². The van der Waals surface area contributed by atoms with Crippen molar-refractivity contribution in [2.75, 3.05) is 11.9 Å². The summed E-state index contributed by atoms with van der Waals surface area (Å²) in [6, 6.07) is 1.66. The summed E-state index contributed by atoms with van der Waals surface area (Å²) in [7, 11) is 1.74. The van der Waals surface area contributed by atoms with Crippen LogP contribution in [0.25, 0.3) is 0 Å². The lowest BCUT2D eigenvalue weighted by Crippen LogP contribution is -2.38. The number of likely N-dealkylation sites (tertiary alicyclic amines) is 1. The number of nitrogens with one attached hydrogen (secondary N) is 1. The predicted octanol–water partition coefficient (Wildman–Crippen LogP) is 0.534. The Morgan fingerprint density at radius 1 is 1.29 bits per heavy atom. The molecule has 1 aromatic rings. The fourth-order valence-electron chi connectivity index (χ4n) is 3.19. The summed E-state index contributed by atoms with van der Waals surface area (Å²) in [5, 5.41) is 6.63. The first-order valence-corrected chi connectivity index (χ1v) is 7.21. The van der Waals surface area contributed by atoms with E-state index in [9.17, 15) is 14.4 Å². The Morgan fingerprint density at radius 3 is 2.43 bits per heavy atom. The summed E-state index contributed by atoms with van der Waals surface area (Å²) < 4.78 is 1.57. The maximum absolute atomic E-state index is 12.2. The first-order chi connectivity index (χ1) is 10.1. The van der Waals surface area contributed by atoms with Crippen LogP contribution in [0.4, 0.5) is 5.82 Å². The lowest BCUT2D eigenvalue weighted by molar-refractivity contribution is -0.142. The molecule has 2 fully saturated rings. The number of carbonyl (C=O) groups is 3. The van der Waals surface area contributed by atoms with Gasteiger partial charge in [-0.2, -0.15) is 5.10 Å². The van der Waals surface area contributed by atoms with E-state index in [0.717, 1.165) is 30.6 Å². The number of nitrogens with zero attached hydrogens (tertiary/aromatic N) is 3. The van der Waals surface area contributed by atoms with E-state index in [1.54, 1.807) is 24.0 Å². The topological polar surface area (TPSA) is 84.3 Å². The van der Waals surface area contributed by atoms with Gasteiger partial charge in [-0.1, -0.05) is 12.8 Å². The largest absolute Gasteiger partial charge is 0.308 e. The Kier molecular flexibility index (Phi) is 3.48. The summed E-state index contributed by atoms with van der Waals surface area (Å²) in [5.74, 6) is -0.794. The van der Waals surface area contributed by atoms with Gasteiger partial charge >= 0.3 is 0 Å². The van der Waals surface area contributed by atoms with Crippen LogP contribution in [0.2, 0.25) is 0 Å². The smallest absolute Gasteiger partial charge is 0.245 e. The van der Waals surface area contributed by atoms with E-state index in [1.165, 1.54) is 0 Å². The number of aryl methyl sites for hydroxylation is 1. The quantitative estimate of drug-likeness (QED) is 0.823. The number of rotatable bonds is 3. The minimum absolute atomic E-state index is 0.194. The van der Waals surface area contributed by atoms with Gasteiger partial charge in [0.15, 0.2) is 5.82 Å². The number of hydrogen-bond acceptors (Lipinski definition) is 4. The second-order valence-electron chi connectivity index (χ2n) is 5.68. The van der Waals surface area contributed by atoms with Crippen molar-refractivity contribution >= 4 is 23.5 Å². The van der Waals surface area contributed by atoms with Crippen molar-refractivity contribution in [3.8, 4) is 0 Å². The van der Waals surface area contributed by atoms with Crippen molar-refractivity contribution in [1.29, 1.82) is 0 Å². The molecule has 2 unspecified atom stereocenters. The molecule has 0 aromatic carbocycles. The Morgan fingerprint density at radius 2 is 1.90 bits per heavy atom. The van der Waals surface area contributed by atoms with Gasteiger partial charge < -0.3 is 5.32 Å². The summed E-state index contributed by atoms with van der Waals surface area (Å²) in [5.41, 5.74) is 0. The molecular weight excluding hydrogens is 272 g/mol. The number of carbonyl (C=O) groups excluding carboxylic acids is 3. The maximum Gasteiger partial charge on any atom is 0.245 e. The van der Waals surface area contributed by atoms with Gasteiger partial charge in [0.1, 0.15) is 6.54 Å². The van der Waals surface area contributed by atoms with Crippen LogP contribution >= 0.6 is 0 Å². The third kappa shape index (κ3) is 2.55. The van der Waals surface area contributed by atoms with Crippen LogP contribution in [0, 0.1) is 11.8 Å². The third-order valence-corrected chi connectivity index (χ3v) is 4.22. The molecule has 1 saturated carbocycles. The molecule has 0 radical (unpaired) electrons. The number of hydrogen-bond donors (Lipinski definition) is 1. The van der Waals surface area contributed by atoms with Gasteiger partial charge in [-0.25, -0.2) is 0 Å². The van der Waals surface area contributed by atoms with Crippen LogP contribution in [-0.4, -0.2) is 38.9 Å². The molecule has 1 aromatic heterocycles. The van der Waals surface area contributed by atoms with E-state index in [-0.39, 0.29) is 30.2 Å². The Bertz CT molecular complexity index is 571. The van der Waals surface area contributed by atoms with Crippen molar-refractivity contribution in [2.24, 2.45) is 18.9 Å². The molecule has 1 aliphatic heterocycles. The first kappa shape index (κ1) is 13.8. The lowest BCUT2D eigenvalue weighted by Gasteiger charge is -2.19. The van der Waals surface area contributed by atoms with Crippen LogP contribution in [-0.2, 0) is 21.4 Å². The minimum atomic E-state index is -0.394. The molecular formula is C14H18N4O3. The molecule has 112 valence electrons. The van der Waals surface area contributed by atoms with Crippen molar-refractivity contribution in [3.05, 3.63) is 12.3 Å². The van der Waals surface area contributed by atoms with Crippen LogP contribution in [0.3, 0.4) is 0 Å². The van der Waals surface area contributed by atoms with E-state index >= 15 is 0 Å². The zero-order valence-electron chi connectivity index (χ0n) is 11.9. The van der Waals surface area contributed by atoms with Crippen molar-refractivity contribution in [2.45, 2.75) is 25.7 Å². The van der Waals surface area contributed by atoms with E-state index in [1.807, 2.05) is 0 Å². The molecule has 0 bridgehead atoms. The van der Waals surface area contributed by atoms with Gasteiger partial charge in [0.25, 0.3) is 0 Å². The molecule has 21 heavy (non-hydrogen) atoms. The molecule has 3 rings (SSSR count). The number of fused-ring (bicyclic) bond motifs is 1. The molecule has 7 nitrogen and oxygen atoms in total. The number of aromatic nitrogens is 2. The highest BCUT2D eigenvalue weighted by molar-refractivity contribution is 6.08. The minimum Gasteiger partial charge on any atom is -0.308 e. The number of imide groups is 1. The van der Waals surface area contributed by atoms with Crippen LogP contribution in [0.5, 0.6) is 0 Å². The summed E-state index contributed by atoms with van der Waals surface area (Å²) in [6.45, 7) is -0.221. The molecule has 0 spiro atoms. The molecule has 7 heteroatoms. The fraction of sp³-hybridized carbons (Fsp3) is 0.571. The average molecular weight is 290 g/mol. The van der Waals surface area contributed by atoms with Crippen LogP contribution in [0.1, 0.15) is 25.7 Å². The predicted molar refractivity (Wildman–Crippen MR) is 74.0 cm³/mol. The van der Waals surface area contributed by atoms with Gasteiger partial charge in [-0.15, -0.1) is 0 Å². The van der Waals surface area contributed by atoms with Crippen molar-refractivity contribution in [3.63, 3.8) is 0 Å². The highest BCUT2D eigenvalue weighted by Gasteiger charge is 2.48. The lowest BCUT2D eigenvalue weighted by atomic mass is 9.81. The van der Waals surface area contributed by atoms with Gasteiger partial charge in [-0.05, 0) is 12.8 Å². The van der Waals surface area contributed by atoms with E-state index in [4.69, 9.17) is 0 Å². The summed E-state index contributed by atoms with van der Waals surface area (Å²) in [4.78, 5) is 37.6. The van der Waals surface area contributed by atoms with Gasteiger partial charge in [0.05, 0.1) is 11.8 Å². The Hall–Kier alpha value is -2.18. The van der Waals surface area contributed by atoms with E-state index in [0.29, 0.717) is 5.82 Å². The highest BCUT2D eigenvalue weighted by atomic mass is 16.2. The molecule has 1 saturated heterocycles. The van der Waals surface area contributed by atoms with E-state index < -0.39 is 5.91 Å². The second kappa shape index (κ2) is 5.31. The monoisotopic (exact) mass is 290 g/mol. The summed E-state index contributed by atoms with van der Waals surface area (Å²) >= 11 is 0. The SMILES string of the molecule is Cn1ccc(NC(=O)CN2C(=O)C3CCCCC3C2=O)n1. The number of amides is 3. The fourth-order valence-corrected chi connectivity index (χ4v) is 3.19.